The minimum Gasteiger partial charge on any atom is -0.337 e. The predicted octanol–water partition coefficient (Wildman–Crippen LogP) is 2.25. The van der Waals surface area contributed by atoms with E-state index in [0.29, 0.717) is 6.04 Å². The van der Waals surface area contributed by atoms with Crippen molar-refractivity contribution < 1.29 is 0 Å². The van der Waals surface area contributed by atoms with Crippen molar-refractivity contribution in [2.24, 2.45) is 5.92 Å². The van der Waals surface area contributed by atoms with E-state index in [1.54, 1.807) is 0 Å². The number of pyridine rings is 1. The van der Waals surface area contributed by atoms with Crippen LogP contribution < -0.4 is 10.2 Å². The van der Waals surface area contributed by atoms with Crippen molar-refractivity contribution in [3.05, 3.63) is 23.9 Å². The first-order valence-electron chi connectivity index (χ1n) is 7.94. The van der Waals surface area contributed by atoms with Crippen LogP contribution in [-0.4, -0.2) is 40.3 Å². The van der Waals surface area contributed by atoms with Crippen molar-refractivity contribution in [1.29, 1.82) is 0 Å². The second kappa shape index (κ2) is 6.02. The summed E-state index contributed by atoms with van der Waals surface area (Å²) in [7, 11) is 0. The third-order valence-electron chi connectivity index (χ3n) is 4.28. The average molecular weight is 287 g/mol. The predicted molar refractivity (Wildman–Crippen MR) is 85.8 cm³/mol. The highest BCUT2D eigenvalue weighted by Crippen LogP contribution is 2.20. The smallest absolute Gasteiger partial charge is 0.245 e. The summed E-state index contributed by atoms with van der Waals surface area (Å²) in [5.74, 6) is 1.59. The second-order valence-corrected chi connectivity index (χ2v) is 6.36. The third kappa shape index (κ3) is 3.18. The summed E-state index contributed by atoms with van der Waals surface area (Å²) in [6.45, 7) is 9.84. The molecule has 1 fully saturated rings. The third-order valence-corrected chi connectivity index (χ3v) is 4.28. The fraction of sp³-hybridized carbons (Fsp3) is 0.625. The summed E-state index contributed by atoms with van der Waals surface area (Å²) < 4.78 is 1.88. The zero-order valence-corrected chi connectivity index (χ0v) is 13.2. The van der Waals surface area contributed by atoms with Crippen LogP contribution in [0.25, 0.3) is 5.65 Å². The molecule has 5 heteroatoms. The molecule has 21 heavy (non-hydrogen) atoms. The molecule has 0 aromatic carbocycles. The number of aromatic nitrogens is 3. The normalized spacial score (nSPS) is 16.8. The Bertz CT molecular complexity index is 598. The summed E-state index contributed by atoms with van der Waals surface area (Å²) in [4.78, 5) is 7.07. The highest BCUT2D eigenvalue weighted by Gasteiger charge is 2.22. The largest absolute Gasteiger partial charge is 0.337 e. The van der Waals surface area contributed by atoms with Crippen molar-refractivity contribution >= 4 is 11.6 Å². The molecule has 3 rings (SSSR count). The van der Waals surface area contributed by atoms with Crippen molar-refractivity contribution in [2.75, 3.05) is 24.5 Å². The van der Waals surface area contributed by atoms with Crippen LogP contribution in [0.5, 0.6) is 0 Å². The van der Waals surface area contributed by atoms with E-state index in [2.05, 4.69) is 48.2 Å². The van der Waals surface area contributed by atoms with Crippen LogP contribution >= 0.6 is 0 Å². The van der Waals surface area contributed by atoms with Crippen molar-refractivity contribution in [1.82, 2.24) is 19.9 Å². The Morgan fingerprint density at radius 3 is 2.86 bits per heavy atom. The Morgan fingerprint density at radius 1 is 1.38 bits per heavy atom. The number of fused-ring (bicyclic) bond motifs is 1. The molecule has 1 aliphatic heterocycles. The number of hydrogen-bond acceptors (Lipinski definition) is 4. The van der Waals surface area contributed by atoms with E-state index in [1.165, 1.54) is 18.4 Å². The van der Waals surface area contributed by atoms with Crippen molar-refractivity contribution in [2.45, 2.75) is 39.7 Å². The van der Waals surface area contributed by atoms with Gasteiger partial charge < -0.3 is 10.2 Å². The zero-order valence-electron chi connectivity index (χ0n) is 13.2. The van der Waals surface area contributed by atoms with Gasteiger partial charge in [0.2, 0.25) is 5.95 Å². The van der Waals surface area contributed by atoms with Crippen LogP contribution in [0.3, 0.4) is 0 Å². The van der Waals surface area contributed by atoms with Crippen LogP contribution in [0.2, 0.25) is 0 Å². The van der Waals surface area contributed by atoms with Gasteiger partial charge in [0, 0.05) is 18.8 Å². The molecule has 2 aromatic rings. The maximum absolute atomic E-state index is 4.72. The van der Waals surface area contributed by atoms with Gasteiger partial charge >= 0.3 is 0 Å². The van der Waals surface area contributed by atoms with Gasteiger partial charge in [-0.15, -0.1) is 5.10 Å². The maximum Gasteiger partial charge on any atom is 0.245 e. The number of rotatable bonds is 4. The topological polar surface area (TPSA) is 45.5 Å². The fourth-order valence-electron chi connectivity index (χ4n) is 2.96. The zero-order chi connectivity index (χ0) is 14.8. The van der Waals surface area contributed by atoms with E-state index in [4.69, 9.17) is 4.98 Å². The van der Waals surface area contributed by atoms with Crippen LogP contribution in [0, 0.1) is 12.8 Å². The molecule has 0 spiro atoms. The van der Waals surface area contributed by atoms with Gasteiger partial charge in [-0.3, -0.25) is 0 Å². The first kappa shape index (κ1) is 14.3. The van der Waals surface area contributed by atoms with E-state index in [1.807, 2.05) is 10.7 Å². The van der Waals surface area contributed by atoms with E-state index in [0.717, 1.165) is 37.1 Å². The minimum absolute atomic E-state index is 0.415. The molecular weight excluding hydrogens is 262 g/mol. The molecule has 114 valence electrons. The lowest BCUT2D eigenvalue weighted by Gasteiger charge is -2.32. The molecule has 1 saturated heterocycles. The highest BCUT2D eigenvalue weighted by molar-refractivity contribution is 5.46. The van der Waals surface area contributed by atoms with Gasteiger partial charge in [0.05, 0.1) is 0 Å². The first-order chi connectivity index (χ1) is 10.1. The minimum atomic E-state index is 0.415. The van der Waals surface area contributed by atoms with E-state index in [9.17, 15) is 0 Å². The number of nitrogens with zero attached hydrogens (tertiary/aromatic N) is 4. The van der Waals surface area contributed by atoms with Crippen LogP contribution in [0.4, 0.5) is 5.95 Å². The summed E-state index contributed by atoms with van der Waals surface area (Å²) in [5.41, 5.74) is 2.15. The van der Waals surface area contributed by atoms with Gasteiger partial charge in [0.25, 0.3) is 0 Å². The quantitative estimate of drug-likeness (QED) is 0.937. The van der Waals surface area contributed by atoms with Gasteiger partial charge in [-0.25, -0.2) is 4.52 Å². The lowest BCUT2D eigenvalue weighted by Crippen LogP contribution is -2.40. The molecule has 0 radical (unpaired) electrons. The van der Waals surface area contributed by atoms with Crippen molar-refractivity contribution in [3.63, 3.8) is 0 Å². The lowest BCUT2D eigenvalue weighted by atomic mass is 9.97. The lowest BCUT2D eigenvalue weighted by molar-refractivity contribution is 0.366. The first-order valence-corrected chi connectivity index (χ1v) is 7.94. The Morgan fingerprint density at radius 2 is 2.14 bits per heavy atom. The summed E-state index contributed by atoms with van der Waals surface area (Å²) in [6.07, 6.45) is 4.48. The number of piperidine rings is 1. The van der Waals surface area contributed by atoms with Gasteiger partial charge in [0.1, 0.15) is 0 Å². The van der Waals surface area contributed by atoms with Crippen LogP contribution in [-0.2, 0) is 0 Å². The maximum atomic E-state index is 4.72. The molecule has 0 saturated carbocycles. The summed E-state index contributed by atoms with van der Waals surface area (Å²) in [5, 5.41) is 8.09. The molecular formula is C16H25N5. The summed E-state index contributed by atoms with van der Waals surface area (Å²) >= 11 is 0. The number of hydrogen-bond donors (Lipinski definition) is 1. The molecule has 1 N–H and O–H groups in total. The second-order valence-electron chi connectivity index (χ2n) is 6.36. The molecule has 1 aliphatic rings. The Hall–Kier alpha value is -1.62. The molecule has 2 aromatic heterocycles. The SMILES string of the molecule is Cc1ccn2nc(N(CC3CCNCC3)C(C)C)nc2c1. The average Bonchev–Trinajstić information content (AvgIpc) is 2.88. The Kier molecular flexibility index (Phi) is 4.10. The molecule has 0 bridgehead atoms. The molecule has 5 nitrogen and oxygen atoms in total. The Labute approximate surface area is 126 Å². The highest BCUT2D eigenvalue weighted by atomic mass is 15.4. The molecule has 0 unspecified atom stereocenters. The van der Waals surface area contributed by atoms with E-state index in [-0.39, 0.29) is 0 Å². The molecule has 0 amide bonds. The number of anilines is 1. The standard InChI is InChI=1S/C16H25N5/c1-12(2)20(11-14-4-7-17-8-5-14)16-18-15-10-13(3)6-9-21(15)19-16/h6,9-10,12,14,17H,4-5,7-8,11H2,1-3H3. The van der Waals surface area contributed by atoms with E-state index < -0.39 is 0 Å². The van der Waals surface area contributed by atoms with Gasteiger partial charge in [-0.2, -0.15) is 4.98 Å². The van der Waals surface area contributed by atoms with Gasteiger partial charge in [-0.1, -0.05) is 0 Å². The molecule has 3 heterocycles. The van der Waals surface area contributed by atoms with Crippen LogP contribution in [0.15, 0.2) is 18.3 Å². The van der Waals surface area contributed by atoms with E-state index >= 15 is 0 Å². The van der Waals surface area contributed by atoms with Crippen molar-refractivity contribution in [3.8, 4) is 0 Å². The summed E-state index contributed by atoms with van der Waals surface area (Å²) in [6, 6.07) is 4.57. The van der Waals surface area contributed by atoms with Gasteiger partial charge in [-0.05, 0) is 70.3 Å². The fourth-order valence-corrected chi connectivity index (χ4v) is 2.96. The van der Waals surface area contributed by atoms with Gasteiger partial charge in [0.15, 0.2) is 5.65 Å². The molecule has 0 atom stereocenters. The monoisotopic (exact) mass is 287 g/mol. The number of nitrogens with one attached hydrogen (secondary N) is 1. The molecule has 0 aliphatic carbocycles. The number of aryl methyl sites for hydroxylation is 1. The van der Waals surface area contributed by atoms with Crippen LogP contribution in [0.1, 0.15) is 32.3 Å². The Balaban J connectivity index is 1.84.